The summed E-state index contributed by atoms with van der Waals surface area (Å²) in [5, 5.41) is 16.8. The Hall–Kier alpha value is -2.52. The highest BCUT2D eigenvalue weighted by Gasteiger charge is 2.45. The van der Waals surface area contributed by atoms with Crippen molar-refractivity contribution in [1.29, 1.82) is 0 Å². The number of nitrogens with zero attached hydrogens (tertiary/aromatic N) is 5. The Morgan fingerprint density at radius 3 is 2.83 bits per heavy atom. The summed E-state index contributed by atoms with van der Waals surface area (Å²) < 4.78 is 12.9. The molecule has 5 rings (SSSR count). The molecule has 3 aromatic rings. The van der Waals surface area contributed by atoms with Crippen LogP contribution in [0.4, 0.5) is 0 Å². The summed E-state index contributed by atoms with van der Waals surface area (Å²) in [7, 11) is 1.75. The number of aromatic nitrogens is 4. The molecule has 4 atom stereocenters. The molecule has 2 aliphatic rings. The van der Waals surface area contributed by atoms with E-state index in [9.17, 15) is 4.79 Å². The second-order valence-corrected chi connectivity index (χ2v) is 8.74. The van der Waals surface area contributed by atoms with Crippen molar-refractivity contribution in [3.05, 3.63) is 40.5 Å². The van der Waals surface area contributed by atoms with Crippen molar-refractivity contribution >= 4 is 17.2 Å². The first-order chi connectivity index (χ1) is 14.1. The molecule has 0 radical (unpaired) electrons. The Morgan fingerprint density at radius 1 is 1.31 bits per heavy atom. The van der Waals surface area contributed by atoms with Crippen LogP contribution in [0.5, 0.6) is 0 Å². The van der Waals surface area contributed by atoms with E-state index in [1.54, 1.807) is 31.4 Å². The molecule has 3 aromatic heterocycles. The number of aryl methyl sites for hydroxylation is 1. The van der Waals surface area contributed by atoms with Crippen LogP contribution < -0.4 is 0 Å². The summed E-state index contributed by atoms with van der Waals surface area (Å²) in [5.74, 6) is 1.43. The van der Waals surface area contributed by atoms with Crippen LogP contribution in [0.25, 0.3) is 11.3 Å². The van der Waals surface area contributed by atoms with Gasteiger partial charge in [-0.15, -0.1) is 5.10 Å². The summed E-state index contributed by atoms with van der Waals surface area (Å²) in [6, 6.07) is 3.87. The van der Waals surface area contributed by atoms with Gasteiger partial charge in [-0.25, -0.2) is 4.68 Å². The van der Waals surface area contributed by atoms with E-state index < -0.39 is 0 Å². The number of hydrogen-bond acceptors (Lipinski definition) is 7. The maximum absolute atomic E-state index is 12.8. The van der Waals surface area contributed by atoms with Crippen LogP contribution in [-0.2, 0) is 4.74 Å². The molecule has 1 aliphatic heterocycles. The molecule has 0 aromatic carbocycles. The first-order valence-corrected chi connectivity index (χ1v) is 10.8. The molecule has 9 heteroatoms. The van der Waals surface area contributed by atoms with Gasteiger partial charge in [-0.1, -0.05) is 10.4 Å². The standard InChI is InChI=1S/C20H23N5O3S/c1-12-5-16(22-28-12)20(26)24-8-14-6-18(19(27-2)7-15(14)9-24)25-10-17(21-23-25)13-3-4-29-11-13/h3-5,10-11,14-15,18-19H,6-9H2,1-2H3/t14-,15+,18-,19-/m1/s1. The van der Waals surface area contributed by atoms with Gasteiger partial charge in [0.05, 0.1) is 18.3 Å². The molecule has 4 heterocycles. The molecule has 2 fully saturated rings. The number of amides is 1. The highest BCUT2D eigenvalue weighted by molar-refractivity contribution is 7.08. The molecule has 1 aliphatic carbocycles. The van der Waals surface area contributed by atoms with Crippen molar-refractivity contribution in [2.75, 3.05) is 20.2 Å². The quantitative estimate of drug-likeness (QED) is 0.653. The summed E-state index contributed by atoms with van der Waals surface area (Å²) >= 11 is 1.65. The molecule has 29 heavy (non-hydrogen) atoms. The number of likely N-dealkylation sites (tertiary alicyclic amines) is 1. The SMILES string of the molecule is CO[C@@H]1C[C@H]2CN(C(=O)c3cc(C)on3)C[C@H]2C[C@H]1n1cc(-c2ccsc2)nn1. The fourth-order valence-electron chi connectivity index (χ4n) is 4.70. The van der Waals surface area contributed by atoms with Gasteiger partial charge in [0, 0.05) is 37.2 Å². The maximum Gasteiger partial charge on any atom is 0.276 e. The average molecular weight is 414 g/mol. The number of hydrogen-bond donors (Lipinski definition) is 0. The van der Waals surface area contributed by atoms with Crippen molar-refractivity contribution in [2.24, 2.45) is 11.8 Å². The fourth-order valence-corrected chi connectivity index (χ4v) is 5.35. The topological polar surface area (TPSA) is 86.3 Å². The normalized spacial score (nSPS) is 26.6. The number of thiophene rings is 1. The molecule has 1 saturated carbocycles. The molecule has 0 spiro atoms. The Morgan fingerprint density at radius 2 is 2.14 bits per heavy atom. The van der Waals surface area contributed by atoms with E-state index in [0.717, 1.165) is 37.2 Å². The van der Waals surface area contributed by atoms with Crippen molar-refractivity contribution < 1.29 is 14.1 Å². The third kappa shape index (κ3) is 3.38. The minimum atomic E-state index is -0.0535. The molecule has 0 unspecified atom stereocenters. The zero-order valence-corrected chi connectivity index (χ0v) is 17.2. The van der Waals surface area contributed by atoms with E-state index in [4.69, 9.17) is 9.26 Å². The van der Waals surface area contributed by atoms with E-state index in [1.807, 2.05) is 21.2 Å². The van der Waals surface area contributed by atoms with Crippen LogP contribution in [0.3, 0.4) is 0 Å². The number of ether oxygens (including phenoxy) is 1. The van der Waals surface area contributed by atoms with Gasteiger partial charge in [-0.2, -0.15) is 11.3 Å². The monoisotopic (exact) mass is 413 g/mol. The van der Waals surface area contributed by atoms with Crippen LogP contribution >= 0.6 is 11.3 Å². The van der Waals surface area contributed by atoms with Crippen LogP contribution in [0.15, 0.2) is 33.6 Å². The lowest BCUT2D eigenvalue weighted by Gasteiger charge is -2.36. The summed E-state index contributed by atoms with van der Waals surface area (Å²) in [5.41, 5.74) is 2.36. The van der Waals surface area contributed by atoms with E-state index in [1.165, 1.54) is 0 Å². The molecular weight excluding hydrogens is 390 g/mol. The minimum Gasteiger partial charge on any atom is -0.379 e. The predicted octanol–water partition coefficient (Wildman–Crippen LogP) is 3.04. The zero-order valence-electron chi connectivity index (χ0n) is 16.4. The predicted molar refractivity (Wildman–Crippen MR) is 107 cm³/mol. The molecule has 1 amide bonds. The Labute approximate surface area is 172 Å². The van der Waals surface area contributed by atoms with E-state index in [2.05, 4.69) is 26.9 Å². The van der Waals surface area contributed by atoms with Crippen LogP contribution in [-0.4, -0.2) is 57.3 Å². The van der Waals surface area contributed by atoms with Crippen LogP contribution in [0, 0.1) is 18.8 Å². The highest BCUT2D eigenvalue weighted by atomic mass is 32.1. The number of rotatable bonds is 4. The fraction of sp³-hybridized carbons (Fsp3) is 0.500. The first kappa shape index (κ1) is 18.5. The highest BCUT2D eigenvalue weighted by Crippen LogP contribution is 2.42. The lowest BCUT2D eigenvalue weighted by atomic mass is 9.77. The van der Waals surface area contributed by atoms with Gasteiger partial charge in [0.15, 0.2) is 5.69 Å². The average Bonchev–Trinajstić information content (AvgIpc) is 3.52. The lowest BCUT2D eigenvalue weighted by molar-refractivity contribution is -0.00545. The number of carbonyl (C=O) groups is 1. The van der Waals surface area contributed by atoms with Gasteiger partial charge in [0.1, 0.15) is 11.5 Å². The van der Waals surface area contributed by atoms with Gasteiger partial charge in [0.2, 0.25) is 0 Å². The van der Waals surface area contributed by atoms with E-state index in [0.29, 0.717) is 23.3 Å². The third-order valence-corrected chi connectivity index (χ3v) is 6.87. The maximum atomic E-state index is 12.8. The van der Waals surface area contributed by atoms with Gasteiger partial charge in [0.25, 0.3) is 5.91 Å². The second-order valence-electron chi connectivity index (χ2n) is 7.96. The van der Waals surface area contributed by atoms with Crippen LogP contribution in [0.1, 0.15) is 35.1 Å². The molecule has 0 N–H and O–H groups in total. The number of carbonyl (C=O) groups excluding carboxylic acids is 1. The van der Waals surface area contributed by atoms with Gasteiger partial charge in [-0.05, 0) is 43.0 Å². The van der Waals surface area contributed by atoms with E-state index >= 15 is 0 Å². The van der Waals surface area contributed by atoms with Gasteiger partial charge < -0.3 is 14.2 Å². The molecule has 0 bridgehead atoms. The third-order valence-electron chi connectivity index (χ3n) is 6.19. The smallest absolute Gasteiger partial charge is 0.276 e. The number of fused-ring (bicyclic) bond motifs is 1. The molecule has 152 valence electrons. The molecular formula is C20H23N5O3S. The summed E-state index contributed by atoms with van der Waals surface area (Å²) in [4.78, 5) is 14.7. The van der Waals surface area contributed by atoms with Crippen molar-refractivity contribution in [2.45, 2.75) is 31.9 Å². The zero-order chi connectivity index (χ0) is 20.0. The Bertz CT molecular complexity index is 998. The minimum absolute atomic E-state index is 0.0534. The lowest BCUT2D eigenvalue weighted by Crippen LogP contribution is -2.37. The van der Waals surface area contributed by atoms with Crippen molar-refractivity contribution in [3.63, 3.8) is 0 Å². The van der Waals surface area contributed by atoms with E-state index in [-0.39, 0.29) is 18.1 Å². The molecule has 1 saturated heterocycles. The Kier molecular flexibility index (Phi) is 4.71. The first-order valence-electron chi connectivity index (χ1n) is 9.82. The van der Waals surface area contributed by atoms with Gasteiger partial charge in [-0.3, -0.25) is 4.79 Å². The number of methoxy groups -OCH3 is 1. The molecule has 8 nitrogen and oxygen atoms in total. The summed E-state index contributed by atoms with van der Waals surface area (Å²) in [6.45, 7) is 3.26. The summed E-state index contributed by atoms with van der Waals surface area (Å²) in [6.07, 6.45) is 3.88. The second kappa shape index (κ2) is 7.38. The van der Waals surface area contributed by atoms with Gasteiger partial charge >= 0.3 is 0 Å². The van der Waals surface area contributed by atoms with Crippen molar-refractivity contribution in [3.8, 4) is 11.3 Å². The van der Waals surface area contributed by atoms with Crippen LogP contribution in [0.2, 0.25) is 0 Å². The largest absolute Gasteiger partial charge is 0.379 e. The van der Waals surface area contributed by atoms with Crippen molar-refractivity contribution in [1.82, 2.24) is 25.1 Å². The Balaban J connectivity index is 1.33.